The molecule has 0 bridgehead atoms. The number of piperidine rings is 1. The monoisotopic (exact) mass is 564 g/mol. The van der Waals surface area contributed by atoms with E-state index in [4.69, 9.17) is 4.74 Å². The van der Waals surface area contributed by atoms with Crippen molar-refractivity contribution in [3.63, 3.8) is 0 Å². The van der Waals surface area contributed by atoms with Crippen molar-refractivity contribution in [3.05, 3.63) is 108 Å². The predicted octanol–water partition coefficient (Wildman–Crippen LogP) is 4.62. The van der Waals surface area contributed by atoms with Crippen LogP contribution in [0.25, 0.3) is 10.9 Å². The van der Waals surface area contributed by atoms with E-state index < -0.39 is 6.10 Å². The molecule has 3 heterocycles. The fourth-order valence-electron chi connectivity index (χ4n) is 6.44. The van der Waals surface area contributed by atoms with Crippen LogP contribution in [0.4, 0.5) is 0 Å². The van der Waals surface area contributed by atoms with Crippen molar-refractivity contribution in [2.45, 2.75) is 25.0 Å². The summed E-state index contributed by atoms with van der Waals surface area (Å²) in [6.45, 7) is 5.64. The number of fused-ring (bicyclic) bond motifs is 1. The van der Waals surface area contributed by atoms with Gasteiger partial charge in [-0.1, -0.05) is 66.7 Å². The molecular formula is C35H40N4O3. The summed E-state index contributed by atoms with van der Waals surface area (Å²) in [5.74, 6) is 1.09. The van der Waals surface area contributed by atoms with Crippen molar-refractivity contribution >= 4 is 16.8 Å². The van der Waals surface area contributed by atoms with Gasteiger partial charge in [0.1, 0.15) is 18.5 Å². The second kappa shape index (κ2) is 13.5. The first-order chi connectivity index (χ1) is 20.7. The second-order valence-corrected chi connectivity index (χ2v) is 11.5. The molecule has 2 fully saturated rings. The van der Waals surface area contributed by atoms with Crippen molar-refractivity contribution in [2.24, 2.45) is 5.92 Å². The van der Waals surface area contributed by atoms with E-state index in [-0.39, 0.29) is 18.6 Å². The van der Waals surface area contributed by atoms with E-state index in [9.17, 15) is 9.90 Å². The topological polar surface area (TPSA) is 69.1 Å². The molecule has 7 heteroatoms. The number of aliphatic hydroxyl groups excluding tert-OH is 1. The average molecular weight is 565 g/mol. The zero-order valence-corrected chi connectivity index (χ0v) is 24.1. The standard InChI is InChI=1S/C35H40N4O3/c40-30(26-42-33-15-7-14-32-31(33)13-8-18-36-32)25-37-19-16-29(17-20-37)35(41)39-23-21-38(22-24-39)34(27-9-3-1-4-10-27)28-11-5-2-6-12-28/h1-15,18,29-30,34,40H,16-17,19-26H2/t30-/m1/s1. The lowest BCUT2D eigenvalue weighted by Gasteiger charge is -2.41. The molecule has 2 aliphatic heterocycles. The van der Waals surface area contributed by atoms with Crippen LogP contribution in [0.1, 0.15) is 30.0 Å². The van der Waals surface area contributed by atoms with Crippen LogP contribution in [0.5, 0.6) is 5.75 Å². The Morgan fingerprint density at radius 3 is 2.14 bits per heavy atom. The maximum Gasteiger partial charge on any atom is 0.225 e. The summed E-state index contributed by atoms with van der Waals surface area (Å²) in [5.41, 5.74) is 3.46. The second-order valence-electron chi connectivity index (χ2n) is 11.5. The van der Waals surface area contributed by atoms with E-state index in [0.29, 0.717) is 12.5 Å². The van der Waals surface area contributed by atoms with Gasteiger partial charge in [0.2, 0.25) is 5.91 Å². The highest BCUT2D eigenvalue weighted by Crippen LogP contribution is 2.30. The molecule has 1 aromatic heterocycles. The molecule has 2 aliphatic rings. The Hall–Kier alpha value is -3.78. The van der Waals surface area contributed by atoms with Crippen LogP contribution < -0.4 is 4.74 Å². The van der Waals surface area contributed by atoms with Crippen LogP contribution >= 0.6 is 0 Å². The minimum atomic E-state index is -0.598. The zero-order chi connectivity index (χ0) is 28.7. The van der Waals surface area contributed by atoms with E-state index in [1.54, 1.807) is 6.20 Å². The number of aliphatic hydroxyl groups is 1. The first-order valence-electron chi connectivity index (χ1n) is 15.2. The maximum atomic E-state index is 13.5. The van der Waals surface area contributed by atoms with Crippen LogP contribution in [0, 0.1) is 5.92 Å². The Labute approximate surface area is 248 Å². The Balaban J connectivity index is 0.969. The van der Waals surface area contributed by atoms with E-state index >= 15 is 0 Å². The molecule has 4 aromatic rings. The number of β-amino-alcohol motifs (C(OH)–C–C–N with tert-alkyl or cyclic N) is 1. The van der Waals surface area contributed by atoms with Crippen molar-refractivity contribution in [1.82, 2.24) is 19.7 Å². The molecule has 0 unspecified atom stereocenters. The molecule has 3 aromatic carbocycles. The van der Waals surface area contributed by atoms with E-state index in [2.05, 4.69) is 80.3 Å². The molecule has 2 saturated heterocycles. The number of nitrogens with zero attached hydrogens (tertiary/aromatic N) is 4. The van der Waals surface area contributed by atoms with Gasteiger partial charge >= 0.3 is 0 Å². The number of amides is 1. The summed E-state index contributed by atoms with van der Waals surface area (Å²) in [7, 11) is 0. The third-order valence-electron chi connectivity index (χ3n) is 8.66. The first-order valence-corrected chi connectivity index (χ1v) is 15.2. The number of benzene rings is 3. The predicted molar refractivity (Wildman–Crippen MR) is 165 cm³/mol. The van der Waals surface area contributed by atoms with Crippen LogP contribution in [0.3, 0.4) is 0 Å². The Morgan fingerprint density at radius 2 is 1.48 bits per heavy atom. The number of pyridine rings is 1. The van der Waals surface area contributed by atoms with E-state index in [1.807, 2.05) is 30.3 Å². The lowest BCUT2D eigenvalue weighted by atomic mass is 9.94. The van der Waals surface area contributed by atoms with Crippen molar-refractivity contribution in [1.29, 1.82) is 0 Å². The van der Waals surface area contributed by atoms with Crippen LogP contribution in [0.2, 0.25) is 0 Å². The number of carbonyl (C=O) groups is 1. The summed E-state index contributed by atoms with van der Waals surface area (Å²) in [6.07, 6.45) is 2.83. The van der Waals surface area contributed by atoms with Crippen molar-refractivity contribution in [3.8, 4) is 5.75 Å². The number of ether oxygens (including phenoxy) is 1. The molecule has 6 rings (SSSR count). The first kappa shape index (κ1) is 28.3. The highest BCUT2D eigenvalue weighted by molar-refractivity contribution is 5.84. The SMILES string of the molecule is O=C(C1CCN(C[C@@H](O)COc2cccc3ncccc23)CC1)N1CCN(C(c2ccccc2)c2ccccc2)CC1. The number of likely N-dealkylation sites (tertiary alicyclic amines) is 1. The van der Waals surface area contributed by atoms with Crippen molar-refractivity contribution in [2.75, 3.05) is 52.4 Å². The molecule has 218 valence electrons. The summed E-state index contributed by atoms with van der Waals surface area (Å²) >= 11 is 0. The molecule has 0 saturated carbocycles. The van der Waals surface area contributed by atoms with Gasteiger partial charge in [-0.3, -0.25) is 14.7 Å². The minimum absolute atomic E-state index is 0.0587. The van der Waals surface area contributed by atoms with Gasteiger partial charge in [0.15, 0.2) is 0 Å². The Morgan fingerprint density at radius 1 is 0.810 bits per heavy atom. The summed E-state index contributed by atoms with van der Waals surface area (Å²) in [6, 6.07) is 31.2. The van der Waals surface area contributed by atoms with E-state index in [1.165, 1.54) is 11.1 Å². The number of hydrogen-bond acceptors (Lipinski definition) is 6. The molecule has 7 nitrogen and oxygen atoms in total. The largest absolute Gasteiger partial charge is 0.490 e. The van der Waals surface area contributed by atoms with Gasteiger partial charge in [-0.05, 0) is 61.3 Å². The zero-order valence-electron chi connectivity index (χ0n) is 24.1. The number of rotatable bonds is 9. The Bertz CT molecular complexity index is 1390. The Kier molecular flexibility index (Phi) is 9.09. The molecule has 42 heavy (non-hydrogen) atoms. The summed E-state index contributed by atoms with van der Waals surface area (Å²) < 4.78 is 5.96. The van der Waals surface area contributed by atoms with Crippen LogP contribution in [-0.4, -0.2) is 89.2 Å². The molecule has 0 radical (unpaired) electrons. The van der Waals surface area contributed by atoms with Gasteiger partial charge in [-0.15, -0.1) is 0 Å². The minimum Gasteiger partial charge on any atom is -0.490 e. The lowest BCUT2D eigenvalue weighted by molar-refractivity contribution is -0.139. The molecule has 1 amide bonds. The number of hydrogen-bond donors (Lipinski definition) is 1. The maximum absolute atomic E-state index is 13.5. The lowest BCUT2D eigenvalue weighted by Crippen LogP contribution is -2.52. The average Bonchev–Trinajstić information content (AvgIpc) is 3.05. The molecule has 1 atom stereocenters. The highest BCUT2D eigenvalue weighted by Gasteiger charge is 2.33. The number of piperazine rings is 1. The molecule has 1 N–H and O–H groups in total. The number of aromatic nitrogens is 1. The van der Waals surface area contributed by atoms with Crippen LogP contribution in [-0.2, 0) is 4.79 Å². The fraction of sp³-hybridized carbons (Fsp3) is 0.371. The van der Waals surface area contributed by atoms with Gasteiger partial charge in [0.05, 0.1) is 11.6 Å². The van der Waals surface area contributed by atoms with Gasteiger partial charge in [-0.25, -0.2) is 0 Å². The molecule has 0 spiro atoms. The summed E-state index contributed by atoms with van der Waals surface area (Å²) in [4.78, 5) is 24.7. The van der Waals surface area contributed by atoms with Gasteiger partial charge in [0, 0.05) is 50.2 Å². The van der Waals surface area contributed by atoms with Crippen LogP contribution in [0.15, 0.2) is 97.2 Å². The fourth-order valence-corrected chi connectivity index (χ4v) is 6.44. The molecule has 0 aliphatic carbocycles. The third-order valence-corrected chi connectivity index (χ3v) is 8.66. The quantitative estimate of drug-likeness (QED) is 0.320. The highest BCUT2D eigenvalue weighted by atomic mass is 16.5. The summed E-state index contributed by atoms with van der Waals surface area (Å²) in [5, 5.41) is 11.6. The number of carbonyl (C=O) groups excluding carboxylic acids is 1. The van der Waals surface area contributed by atoms with E-state index in [0.717, 1.165) is 68.8 Å². The third kappa shape index (κ3) is 6.65. The van der Waals surface area contributed by atoms with Gasteiger partial charge in [0.25, 0.3) is 0 Å². The smallest absolute Gasteiger partial charge is 0.225 e. The van der Waals surface area contributed by atoms with Gasteiger partial charge < -0.3 is 19.6 Å². The normalized spacial score (nSPS) is 17.9. The van der Waals surface area contributed by atoms with Crippen molar-refractivity contribution < 1.29 is 14.6 Å². The molecular weight excluding hydrogens is 524 g/mol. The van der Waals surface area contributed by atoms with Gasteiger partial charge in [-0.2, -0.15) is 0 Å².